The summed E-state index contributed by atoms with van der Waals surface area (Å²) in [7, 11) is 1.43. The van der Waals surface area contributed by atoms with Crippen LogP contribution in [0.4, 0.5) is 0 Å². The number of ether oxygens (including phenoxy) is 1. The number of carbonyl (C=O) groups excluding carboxylic acids is 1. The first kappa shape index (κ1) is 12.6. The van der Waals surface area contributed by atoms with E-state index in [2.05, 4.69) is 30.3 Å². The smallest absolute Gasteiger partial charge is 0.311 e. The molecule has 0 bridgehead atoms. The van der Waals surface area contributed by atoms with Gasteiger partial charge in [-0.1, -0.05) is 42.5 Å². The highest BCUT2D eigenvalue weighted by Crippen LogP contribution is 2.25. The number of esters is 1. The first-order valence-electron chi connectivity index (χ1n) is 6.09. The molecule has 0 fully saturated rings. The molecule has 0 aliphatic rings. The first-order chi connectivity index (χ1) is 8.53. The van der Waals surface area contributed by atoms with Crippen LogP contribution in [-0.4, -0.2) is 13.1 Å². The molecule has 0 heterocycles. The molecule has 0 atom stereocenters. The highest BCUT2D eigenvalue weighted by Gasteiger charge is 2.28. The third-order valence-corrected chi connectivity index (χ3v) is 3.20. The Bertz CT molecular complexity index is 570. The molecule has 94 valence electrons. The van der Waals surface area contributed by atoms with Gasteiger partial charge in [0.2, 0.25) is 0 Å². The van der Waals surface area contributed by atoms with Crippen molar-refractivity contribution in [2.45, 2.75) is 20.3 Å². The maximum absolute atomic E-state index is 11.7. The van der Waals surface area contributed by atoms with Crippen LogP contribution in [0.25, 0.3) is 10.8 Å². The fraction of sp³-hybridized carbons (Fsp3) is 0.312. The van der Waals surface area contributed by atoms with Gasteiger partial charge in [0, 0.05) is 0 Å². The Hall–Kier alpha value is -1.83. The second-order valence-electron chi connectivity index (χ2n) is 5.23. The van der Waals surface area contributed by atoms with E-state index in [1.807, 2.05) is 26.0 Å². The van der Waals surface area contributed by atoms with Crippen molar-refractivity contribution in [3.05, 3.63) is 48.0 Å². The summed E-state index contributed by atoms with van der Waals surface area (Å²) >= 11 is 0. The van der Waals surface area contributed by atoms with E-state index in [-0.39, 0.29) is 5.97 Å². The molecule has 2 nitrogen and oxygen atoms in total. The topological polar surface area (TPSA) is 26.3 Å². The van der Waals surface area contributed by atoms with Crippen LogP contribution in [0.5, 0.6) is 0 Å². The molecule has 0 N–H and O–H groups in total. The molecular formula is C16H18O2. The Morgan fingerprint density at radius 3 is 2.44 bits per heavy atom. The molecular weight excluding hydrogens is 224 g/mol. The fourth-order valence-electron chi connectivity index (χ4n) is 2.21. The number of benzene rings is 2. The van der Waals surface area contributed by atoms with Crippen molar-refractivity contribution in [1.29, 1.82) is 0 Å². The van der Waals surface area contributed by atoms with E-state index in [1.54, 1.807) is 0 Å². The Morgan fingerprint density at radius 1 is 1.11 bits per heavy atom. The van der Waals surface area contributed by atoms with E-state index in [1.165, 1.54) is 17.9 Å². The first-order valence-corrected chi connectivity index (χ1v) is 6.09. The number of fused-ring (bicyclic) bond motifs is 1. The Morgan fingerprint density at radius 2 is 1.78 bits per heavy atom. The minimum Gasteiger partial charge on any atom is -0.469 e. The summed E-state index contributed by atoms with van der Waals surface area (Å²) in [6, 6.07) is 14.5. The zero-order chi connectivity index (χ0) is 13.2. The van der Waals surface area contributed by atoms with Gasteiger partial charge in [0.15, 0.2) is 0 Å². The molecule has 0 aliphatic heterocycles. The average molecular weight is 242 g/mol. The van der Waals surface area contributed by atoms with Gasteiger partial charge in [-0.3, -0.25) is 4.79 Å². The summed E-state index contributed by atoms with van der Waals surface area (Å²) in [6.07, 6.45) is 0.685. The molecule has 2 aromatic rings. The summed E-state index contributed by atoms with van der Waals surface area (Å²) in [5, 5.41) is 2.42. The average Bonchev–Trinajstić information content (AvgIpc) is 2.37. The summed E-state index contributed by atoms with van der Waals surface area (Å²) in [4.78, 5) is 11.7. The van der Waals surface area contributed by atoms with Crippen LogP contribution in [0, 0.1) is 5.41 Å². The number of carbonyl (C=O) groups is 1. The van der Waals surface area contributed by atoms with E-state index in [9.17, 15) is 4.79 Å². The summed E-state index contributed by atoms with van der Waals surface area (Å²) in [5.74, 6) is -0.171. The summed E-state index contributed by atoms with van der Waals surface area (Å²) in [6.45, 7) is 3.82. The quantitative estimate of drug-likeness (QED) is 0.769. The van der Waals surface area contributed by atoms with Crippen LogP contribution >= 0.6 is 0 Å². The van der Waals surface area contributed by atoms with Crippen molar-refractivity contribution in [1.82, 2.24) is 0 Å². The standard InChI is InChI=1S/C16H18O2/c1-16(2,15(17)18-3)11-12-8-9-13-6-4-5-7-14(13)10-12/h4-10H,11H2,1-3H3. The van der Waals surface area contributed by atoms with Crippen molar-refractivity contribution in [3.8, 4) is 0 Å². The molecule has 0 unspecified atom stereocenters. The number of rotatable bonds is 3. The minimum absolute atomic E-state index is 0.171. The van der Waals surface area contributed by atoms with E-state index >= 15 is 0 Å². The van der Waals surface area contributed by atoms with Gasteiger partial charge < -0.3 is 4.74 Å². The number of methoxy groups -OCH3 is 1. The lowest BCUT2D eigenvalue weighted by molar-refractivity contribution is -0.150. The van der Waals surface area contributed by atoms with Crippen molar-refractivity contribution in [2.75, 3.05) is 7.11 Å². The number of hydrogen-bond donors (Lipinski definition) is 0. The lowest BCUT2D eigenvalue weighted by atomic mass is 9.85. The molecule has 0 saturated heterocycles. The molecule has 2 rings (SSSR count). The number of hydrogen-bond acceptors (Lipinski definition) is 2. The molecule has 0 spiro atoms. The third kappa shape index (κ3) is 2.53. The van der Waals surface area contributed by atoms with Crippen molar-refractivity contribution >= 4 is 16.7 Å². The minimum atomic E-state index is -0.489. The van der Waals surface area contributed by atoms with Gasteiger partial charge >= 0.3 is 5.97 Å². The van der Waals surface area contributed by atoms with Gasteiger partial charge in [0.1, 0.15) is 0 Å². The lowest BCUT2D eigenvalue weighted by Gasteiger charge is -2.21. The highest BCUT2D eigenvalue weighted by atomic mass is 16.5. The summed E-state index contributed by atoms with van der Waals surface area (Å²) < 4.78 is 4.84. The Labute approximate surface area is 108 Å². The normalized spacial score (nSPS) is 11.5. The van der Waals surface area contributed by atoms with Crippen LogP contribution < -0.4 is 0 Å². The van der Waals surface area contributed by atoms with Crippen molar-refractivity contribution in [3.63, 3.8) is 0 Å². The molecule has 0 aromatic heterocycles. The maximum atomic E-state index is 11.7. The summed E-state index contributed by atoms with van der Waals surface area (Å²) in [5.41, 5.74) is 0.668. The van der Waals surface area contributed by atoms with Crippen molar-refractivity contribution in [2.24, 2.45) is 5.41 Å². The Balaban J connectivity index is 2.29. The third-order valence-electron chi connectivity index (χ3n) is 3.20. The maximum Gasteiger partial charge on any atom is 0.311 e. The van der Waals surface area contributed by atoms with Gasteiger partial charge in [-0.15, -0.1) is 0 Å². The van der Waals surface area contributed by atoms with E-state index in [0.717, 1.165) is 5.56 Å². The zero-order valence-electron chi connectivity index (χ0n) is 11.1. The van der Waals surface area contributed by atoms with E-state index in [4.69, 9.17) is 4.74 Å². The zero-order valence-corrected chi connectivity index (χ0v) is 11.1. The predicted octanol–water partition coefficient (Wildman–Crippen LogP) is 3.58. The molecule has 2 heteroatoms. The molecule has 0 amide bonds. The second kappa shape index (κ2) is 4.81. The van der Waals surface area contributed by atoms with Crippen LogP contribution in [0.15, 0.2) is 42.5 Å². The molecule has 2 aromatic carbocycles. The van der Waals surface area contributed by atoms with Gasteiger partial charge in [-0.2, -0.15) is 0 Å². The van der Waals surface area contributed by atoms with Gasteiger partial charge in [-0.05, 0) is 36.6 Å². The van der Waals surface area contributed by atoms with Gasteiger partial charge in [0.05, 0.1) is 12.5 Å². The van der Waals surface area contributed by atoms with Gasteiger partial charge in [-0.25, -0.2) is 0 Å². The monoisotopic (exact) mass is 242 g/mol. The SMILES string of the molecule is COC(=O)C(C)(C)Cc1ccc2ccccc2c1. The highest BCUT2D eigenvalue weighted by molar-refractivity contribution is 5.83. The van der Waals surface area contributed by atoms with E-state index in [0.29, 0.717) is 6.42 Å². The van der Waals surface area contributed by atoms with E-state index < -0.39 is 5.41 Å². The van der Waals surface area contributed by atoms with Gasteiger partial charge in [0.25, 0.3) is 0 Å². The fourth-order valence-corrected chi connectivity index (χ4v) is 2.21. The van der Waals surface area contributed by atoms with Crippen LogP contribution in [0.3, 0.4) is 0 Å². The van der Waals surface area contributed by atoms with Crippen LogP contribution in [0.2, 0.25) is 0 Å². The molecule has 0 radical (unpaired) electrons. The molecule has 0 saturated carbocycles. The predicted molar refractivity (Wildman–Crippen MR) is 73.4 cm³/mol. The molecule has 18 heavy (non-hydrogen) atoms. The molecule has 0 aliphatic carbocycles. The van der Waals surface area contributed by atoms with Crippen LogP contribution in [-0.2, 0) is 16.0 Å². The Kier molecular flexibility index (Phi) is 3.37. The second-order valence-corrected chi connectivity index (χ2v) is 5.23. The lowest BCUT2D eigenvalue weighted by Crippen LogP contribution is -2.27. The van der Waals surface area contributed by atoms with Crippen molar-refractivity contribution < 1.29 is 9.53 Å². The largest absolute Gasteiger partial charge is 0.469 e. The van der Waals surface area contributed by atoms with Crippen LogP contribution in [0.1, 0.15) is 19.4 Å².